The molecule has 8 nitrogen and oxygen atoms in total. The Kier molecular flexibility index (Phi) is 21.2. The number of methoxy groups -OCH3 is 1. The topological polar surface area (TPSA) is 66.5 Å². The highest BCUT2D eigenvalue weighted by Gasteiger charge is 2.34. The Bertz CT molecular complexity index is 604. The number of amides is 1. The maximum absolute atomic E-state index is 12.5. The second-order valence-corrected chi connectivity index (χ2v) is 11.6. The predicted octanol–water partition coefficient (Wildman–Crippen LogP) is 4.52. The number of carbonyl (C=O) groups is 1. The van der Waals surface area contributed by atoms with Gasteiger partial charge in [-0.25, -0.2) is 0 Å². The maximum Gasteiger partial charge on any atom is 0.234 e. The minimum Gasteiger partial charge on any atom is -0.383 e. The van der Waals surface area contributed by atoms with Crippen molar-refractivity contribution < 1.29 is 19.0 Å². The zero-order valence-electron chi connectivity index (χ0n) is 27.6. The molecule has 0 spiro atoms. The third kappa shape index (κ3) is 15.5. The molecule has 0 radical (unpaired) electrons. The fourth-order valence-electron chi connectivity index (χ4n) is 5.86. The van der Waals surface area contributed by atoms with Gasteiger partial charge in [-0.05, 0) is 50.4 Å². The van der Waals surface area contributed by atoms with E-state index in [4.69, 9.17) is 14.2 Å². The van der Waals surface area contributed by atoms with Crippen LogP contribution in [0.4, 0.5) is 0 Å². The Labute approximate surface area is 247 Å². The van der Waals surface area contributed by atoms with Gasteiger partial charge in [-0.2, -0.15) is 0 Å². The van der Waals surface area contributed by atoms with E-state index in [-0.39, 0.29) is 11.9 Å². The Balaban J connectivity index is 0.00000191. The first-order valence-electron chi connectivity index (χ1n) is 16.6. The van der Waals surface area contributed by atoms with E-state index < -0.39 is 0 Å². The lowest BCUT2D eigenvalue weighted by Gasteiger charge is -2.41. The molecule has 3 fully saturated rings. The van der Waals surface area contributed by atoms with E-state index in [0.29, 0.717) is 30.6 Å². The molecule has 0 aromatic rings. The largest absolute Gasteiger partial charge is 0.383 e. The van der Waals surface area contributed by atoms with Gasteiger partial charge in [-0.3, -0.25) is 14.6 Å². The van der Waals surface area contributed by atoms with E-state index in [1.54, 1.807) is 7.11 Å². The lowest BCUT2D eigenvalue weighted by atomic mass is 9.88. The molecule has 2 aliphatic heterocycles. The molecule has 238 valence electrons. The molecule has 0 bridgehead atoms. The number of likely N-dealkylation sites (tertiary alicyclic amines) is 1. The van der Waals surface area contributed by atoms with E-state index in [1.807, 2.05) is 27.7 Å². The van der Waals surface area contributed by atoms with Crippen LogP contribution in [0.3, 0.4) is 0 Å². The van der Waals surface area contributed by atoms with Gasteiger partial charge in [0.1, 0.15) is 0 Å². The lowest BCUT2D eigenvalue weighted by Crippen LogP contribution is -2.54. The summed E-state index contributed by atoms with van der Waals surface area (Å²) < 4.78 is 17.3. The molecule has 1 amide bonds. The highest BCUT2D eigenvalue weighted by atomic mass is 16.5. The average Bonchev–Trinajstić information content (AvgIpc) is 2.94. The van der Waals surface area contributed by atoms with Crippen molar-refractivity contribution in [3.63, 3.8) is 0 Å². The van der Waals surface area contributed by atoms with Crippen molar-refractivity contribution >= 4 is 5.91 Å². The summed E-state index contributed by atoms with van der Waals surface area (Å²) in [7, 11) is 1.75. The minimum absolute atomic E-state index is 0.164. The number of hydrogen-bond acceptors (Lipinski definition) is 7. The van der Waals surface area contributed by atoms with Crippen LogP contribution in [0.5, 0.6) is 0 Å². The molecule has 2 saturated heterocycles. The highest BCUT2D eigenvalue weighted by Crippen LogP contribution is 2.28. The molecular formula is C32H66N4O4. The molecule has 0 aromatic carbocycles. The van der Waals surface area contributed by atoms with Crippen molar-refractivity contribution in [3.05, 3.63) is 0 Å². The van der Waals surface area contributed by atoms with Crippen LogP contribution >= 0.6 is 0 Å². The van der Waals surface area contributed by atoms with Crippen LogP contribution in [0, 0.1) is 11.8 Å². The van der Waals surface area contributed by atoms with Crippen LogP contribution in [-0.4, -0.2) is 125 Å². The first kappa shape index (κ1) is 37.3. The molecule has 3 rings (SSSR count). The van der Waals surface area contributed by atoms with Gasteiger partial charge in [-0.15, -0.1) is 0 Å². The SMILES string of the molecule is CC.CC.CCCOCC(C)CC(C)CN1CCC(OC2CC(NC(=O)CN3CCN(CCOC)CC3)C2)CC1. The maximum atomic E-state index is 12.5. The summed E-state index contributed by atoms with van der Waals surface area (Å²) in [6.45, 7) is 26.3. The van der Waals surface area contributed by atoms with Crippen molar-refractivity contribution in [2.45, 2.75) is 105 Å². The number of ether oxygens (including phenoxy) is 3. The van der Waals surface area contributed by atoms with Crippen molar-refractivity contribution in [2.24, 2.45) is 11.8 Å². The fraction of sp³-hybridized carbons (Fsp3) is 0.969. The van der Waals surface area contributed by atoms with E-state index in [9.17, 15) is 4.79 Å². The van der Waals surface area contributed by atoms with Crippen LogP contribution in [0.15, 0.2) is 0 Å². The Hall–Kier alpha value is -0.770. The van der Waals surface area contributed by atoms with Crippen LogP contribution in [0.2, 0.25) is 0 Å². The Morgan fingerprint density at radius 3 is 2.08 bits per heavy atom. The second-order valence-electron chi connectivity index (χ2n) is 11.6. The summed E-state index contributed by atoms with van der Waals surface area (Å²) in [5.41, 5.74) is 0. The summed E-state index contributed by atoms with van der Waals surface area (Å²) in [5.74, 6) is 1.51. The summed E-state index contributed by atoms with van der Waals surface area (Å²) in [6.07, 6.45) is 7.23. The first-order chi connectivity index (χ1) is 19.4. The van der Waals surface area contributed by atoms with Gasteiger partial charge >= 0.3 is 0 Å². The van der Waals surface area contributed by atoms with Gasteiger partial charge in [-0.1, -0.05) is 48.5 Å². The zero-order chi connectivity index (χ0) is 29.8. The molecule has 2 unspecified atom stereocenters. The molecule has 1 aliphatic carbocycles. The highest BCUT2D eigenvalue weighted by molar-refractivity contribution is 5.78. The Morgan fingerprint density at radius 2 is 1.48 bits per heavy atom. The smallest absolute Gasteiger partial charge is 0.234 e. The normalized spacial score (nSPS) is 24.1. The van der Waals surface area contributed by atoms with Crippen molar-refractivity contribution in [1.82, 2.24) is 20.0 Å². The van der Waals surface area contributed by atoms with Crippen LogP contribution in [0.25, 0.3) is 0 Å². The van der Waals surface area contributed by atoms with Gasteiger partial charge in [0.2, 0.25) is 5.91 Å². The molecular weight excluding hydrogens is 504 g/mol. The molecule has 3 aliphatic rings. The van der Waals surface area contributed by atoms with E-state index >= 15 is 0 Å². The van der Waals surface area contributed by atoms with Crippen molar-refractivity contribution in [1.29, 1.82) is 0 Å². The summed E-state index contributed by atoms with van der Waals surface area (Å²) in [6, 6.07) is 0.287. The molecule has 1 saturated carbocycles. The van der Waals surface area contributed by atoms with Gasteiger partial charge in [0.25, 0.3) is 0 Å². The molecule has 2 heterocycles. The quantitative estimate of drug-likeness (QED) is 0.274. The van der Waals surface area contributed by atoms with E-state index in [2.05, 4.69) is 40.8 Å². The fourth-order valence-corrected chi connectivity index (χ4v) is 5.86. The molecule has 8 heteroatoms. The zero-order valence-corrected chi connectivity index (χ0v) is 27.6. The molecule has 1 N–H and O–H groups in total. The van der Waals surface area contributed by atoms with Gasteiger partial charge in [0.15, 0.2) is 0 Å². The Morgan fingerprint density at radius 1 is 0.850 bits per heavy atom. The second kappa shape index (κ2) is 22.8. The first-order valence-corrected chi connectivity index (χ1v) is 16.6. The number of carbonyl (C=O) groups excluding carboxylic acids is 1. The van der Waals surface area contributed by atoms with E-state index in [0.717, 1.165) is 97.7 Å². The predicted molar refractivity (Wildman–Crippen MR) is 167 cm³/mol. The third-order valence-electron chi connectivity index (χ3n) is 7.95. The number of nitrogens with zero attached hydrogens (tertiary/aromatic N) is 3. The number of piperazine rings is 1. The van der Waals surface area contributed by atoms with Gasteiger partial charge in [0, 0.05) is 78.7 Å². The van der Waals surface area contributed by atoms with Crippen LogP contribution in [0.1, 0.15) is 87.0 Å². The van der Waals surface area contributed by atoms with Gasteiger partial charge < -0.3 is 24.4 Å². The molecule has 0 aromatic heterocycles. The monoisotopic (exact) mass is 571 g/mol. The summed E-state index contributed by atoms with van der Waals surface area (Å²) in [5, 5.41) is 3.23. The van der Waals surface area contributed by atoms with Crippen molar-refractivity contribution in [2.75, 3.05) is 85.8 Å². The average molecular weight is 571 g/mol. The number of hydrogen-bond donors (Lipinski definition) is 1. The molecule has 2 atom stereocenters. The molecule has 40 heavy (non-hydrogen) atoms. The number of rotatable bonds is 16. The minimum atomic E-state index is 0.164. The van der Waals surface area contributed by atoms with Crippen molar-refractivity contribution in [3.8, 4) is 0 Å². The van der Waals surface area contributed by atoms with E-state index in [1.165, 1.54) is 13.0 Å². The number of nitrogens with one attached hydrogen (secondary N) is 1. The van der Waals surface area contributed by atoms with Crippen LogP contribution < -0.4 is 5.32 Å². The van der Waals surface area contributed by atoms with Gasteiger partial charge in [0.05, 0.1) is 25.4 Å². The lowest BCUT2D eigenvalue weighted by molar-refractivity contribution is -0.127. The standard InChI is InChI=1S/C28H54N4O4.2C2H6/c1-5-15-35-22-24(3)17-23(2)20-31-8-6-26(7-9-31)36-27-18-25(19-27)29-28(33)21-32-12-10-30(11-13-32)14-16-34-4;2*1-2/h23-27H,5-22H2,1-4H3,(H,29,33);2*1-2H3. The summed E-state index contributed by atoms with van der Waals surface area (Å²) >= 11 is 0. The third-order valence-corrected chi connectivity index (χ3v) is 7.95. The number of piperidine rings is 1. The summed E-state index contributed by atoms with van der Waals surface area (Å²) in [4.78, 5) is 19.8. The van der Waals surface area contributed by atoms with Crippen LogP contribution in [-0.2, 0) is 19.0 Å².